The molecule has 1 saturated carbocycles. The minimum absolute atomic E-state index is 0.133. The van der Waals surface area contributed by atoms with Gasteiger partial charge in [-0.2, -0.15) is 0 Å². The molecule has 1 heterocycles. The Bertz CT molecular complexity index is 777. The second-order valence-electron chi connectivity index (χ2n) is 6.51. The van der Waals surface area contributed by atoms with E-state index in [4.69, 9.17) is 9.47 Å². The molecule has 25 heavy (non-hydrogen) atoms. The zero-order valence-corrected chi connectivity index (χ0v) is 15.0. The van der Waals surface area contributed by atoms with Crippen LogP contribution in [0.5, 0.6) is 0 Å². The number of ether oxygens (including phenoxy) is 2. The molecule has 2 aliphatic rings. The summed E-state index contributed by atoms with van der Waals surface area (Å²) in [6, 6.07) is 13.5. The zero-order valence-electron chi connectivity index (χ0n) is 13.4. The quantitative estimate of drug-likeness (QED) is 0.839. The fourth-order valence-corrected chi connectivity index (χ4v) is 3.88. The van der Waals surface area contributed by atoms with E-state index >= 15 is 0 Å². The predicted octanol–water partition coefficient (Wildman–Crippen LogP) is 4.00. The second-order valence-corrected chi connectivity index (χ2v) is 7.43. The molecular weight excluding hydrogens is 389 g/mol. The Morgan fingerprint density at radius 2 is 1.60 bits per heavy atom. The molecule has 1 saturated heterocycles. The lowest BCUT2D eigenvalue weighted by atomic mass is 9.60. The molecule has 0 bridgehead atoms. The molecule has 1 aliphatic carbocycles. The first-order valence-corrected chi connectivity index (χ1v) is 8.92. The molecule has 0 atom stereocenters. The summed E-state index contributed by atoms with van der Waals surface area (Å²) in [4.78, 5) is 13.1. The van der Waals surface area contributed by atoms with Crippen LogP contribution >= 0.6 is 15.9 Å². The largest absolute Gasteiger partial charge is 0.347 e. The molecule has 1 spiro atoms. The van der Waals surface area contributed by atoms with Gasteiger partial charge in [0.15, 0.2) is 5.79 Å². The van der Waals surface area contributed by atoms with Crippen LogP contribution in [0.4, 0.5) is 10.1 Å². The number of anilines is 1. The maximum atomic E-state index is 13.1. The molecule has 4 nitrogen and oxygen atoms in total. The van der Waals surface area contributed by atoms with Gasteiger partial charge in [-0.1, -0.05) is 28.1 Å². The monoisotopic (exact) mass is 405 g/mol. The van der Waals surface area contributed by atoms with Crippen LogP contribution in [0.3, 0.4) is 0 Å². The Balaban J connectivity index is 1.62. The van der Waals surface area contributed by atoms with Crippen LogP contribution in [0.25, 0.3) is 0 Å². The average molecular weight is 406 g/mol. The highest BCUT2D eigenvalue weighted by molar-refractivity contribution is 9.10. The summed E-state index contributed by atoms with van der Waals surface area (Å²) in [6.45, 7) is 1.10. The first kappa shape index (κ1) is 16.7. The van der Waals surface area contributed by atoms with Crippen LogP contribution in [0.1, 0.15) is 18.4 Å². The third kappa shape index (κ3) is 2.99. The summed E-state index contributed by atoms with van der Waals surface area (Å²) in [7, 11) is 0. The molecule has 0 unspecified atom stereocenters. The highest BCUT2D eigenvalue weighted by atomic mass is 79.9. The standard InChI is InChI=1S/C19H17BrFNO3/c20-14-3-1-13(2-4-14)18(11-19(12-18)24-9-10-25-19)17(23)22-16-7-5-15(21)6-8-16/h1-8H,9-12H2,(H,22,23). The number of benzene rings is 2. The summed E-state index contributed by atoms with van der Waals surface area (Å²) in [6.07, 6.45) is 0.934. The fourth-order valence-electron chi connectivity index (χ4n) is 3.62. The third-order valence-corrected chi connectivity index (χ3v) is 5.42. The van der Waals surface area contributed by atoms with E-state index < -0.39 is 11.2 Å². The molecule has 2 fully saturated rings. The van der Waals surface area contributed by atoms with Crippen LogP contribution in [0.15, 0.2) is 53.0 Å². The molecule has 2 aromatic rings. The lowest BCUT2D eigenvalue weighted by Gasteiger charge is -2.51. The van der Waals surface area contributed by atoms with Crippen molar-refractivity contribution < 1.29 is 18.7 Å². The minimum Gasteiger partial charge on any atom is -0.347 e. The summed E-state index contributed by atoms with van der Waals surface area (Å²) in [5, 5.41) is 2.90. The van der Waals surface area contributed by atoms with Crippen molar-refractivity contribution in [1.82, 2.24) is 0 Å². The van der Waals surface area contributed by atoms with Crippen molar-refractivity contribution in [2.45, 2.75) is 24.0 Å². The molecular formula is C19H17BrFNO3. The number of rotatable bonds is 3. The Kier molecular flexibility index (Phi) is 4.14. The van der Waals surface area contributed by atoms with Gasteiger partial charge in [0.25, 0.3) is 0 Å². The van der Waals surface area contributed by atoms with Gasteiger partial charge in [-0.15, -0.1) is 0 Å². The predicted molar refractivity (Wildman–Crippen MR) is 94.7 cm³/mol. The van der Waals surface area contributed by atoms with Crippen LogP contribution in [0.2, 0.25) is 0 Å². The van der Waals surface area contributed by atoms with Crippen molar-refractivity contribution in [1.29, 1.82) is 0 Å². The number of carbonyl (C=O) groups is 1. The van der Waals surface area contributed by atoms with Crippen LogP contribution < -0.4 is 5.32 Å². The molecule has 0 aromatic heterocycles. The summed E-state index contributed by atoms with van der Waals surface area (Å²) >= 11 is 3.42. The molecule has 0 radical (unpaired) electrons. The number of halogens is 2. The van der Waals surface area contributed by atoms with Gasteiger partial charge in [0.05, 0.1) is 18.6 Å². The number of amides is 1. The number of hydrogen-bond donors (Lipinski definition) is 1. The van der Waals surface area contributed by atoms with E-state index in [0.29, 0.717) is 31.7 Å². The number of carbonyl (C=O) groups excluding carboxylic acids is 1. The van der Waals surface area contributed by atoms with Gasteiger partial charge in [-0.05, 0) is 42.0 Å². The number of hydrogen-bond acceptors (Lipinski definition) is 3. The summed E-state index contributed by atoms with van der Waals surface area (Å²) in [5.41, 5.74) is 0.761. The molecule has 1 N–H and O–H groups in total. The topological polar surface area (TPSA) is 47.6 Å². The molecule has 4 rings (SSSR count). The van der Waals surface area contributed by atoms with E-state index in [1.165, 1.54) is 12.1 Å². The Morgan fingerprint density at radius 3 is 2.20 bits per heavy atom. The van der Waals surface area contributed by atoms with Crippen LogP contribution in [-0.4, -0.2) is 24.9 Å². The van der Waals surface area contributed by atoms with Crippen molar-refractivity contribution in [2.75, 3.05) is 18.5 Å². The fraction of sp³-hybridized carbons (Fsp3) is 0.316. The van der Waals surface area contributed by atoms with Gasteiger partial charge in [0, 0.05) is 23.0 Å². The lowest BCUT2D eigenvalue weighted by molar-refractivity contribution is -0.236. The minimum atomic E-state index is -0.723. The number of nitrogens with one attached hydrogen (secondary N) is 1. The molecule has 130 valence electrons. The van der Waals surface area contributed by atoms with Crippen LogP contribution in [-0.2, 0) is 19.7 Å². The second kappa shape index (κ2) is 6.20. The van der Waals surface area contributed by atoms with Gasteiger partial charge < -0.3 is 14.8 Å². The van der Waals surface area contributed by atoms with Crippen molar-refractivity contribution >= 4 is 27.5 Å². The smallest absolute Gasteiger partial charge is 0.235 e. The highest BCUT2D eigenvalue weighted by Gasteiger charge is 2.63. The molecule has 1 aliphatic heterocycles. The van der Waals surface area contributed by atoms with Crippen LogP contribution in [0, 0.1) is 5.82 Å². The van der Waals surface area contributed by atoms with Gasteiger partial charge in [-0.3, -0.25) is 4.79 Å². The van der Waals surface area contributed by atoms with Gasteiger partial charge in [0.2, 0.25) is 5.91 Å². The SMILES string of the molecule is O=C(Nc1ccc(F)cc1)C1(c2ccc(Br)cc2)CC2(C1)OCCO2. The summed E-state index contributed by atoms with van der Waals surface area (Å²) in [5.74, 6) is -1.13. The van der Waals surface area contributed by atoms with E-state index in [9.17, 15) is 9.18 Å². The first-order chi connectivity index (χ1) is 12.0. The van der Waals surface area contributed by atoms with Crippen molar-refractivity contribution in [3.05, 3.63) is 64.4 Å². The van der Waals surface area contributed by atoms with E-state index in [0.717, 1.165) is 10.0 Å². The first-order valence-electron chi connectivity index (χ1n) is 8.12. The molecule has 1 amide bonds. The van der Waals surface area contributed by atoms with Gasteiger partial charge in [0.1, 0.15) is 5.82 Å². The Labute approximate surface area is 153 Å². The molecule has 2 aromatic carbocycles. The highest BCUT2D eigenvalue weighted by Crippen LogP contribution is 2.55. The maximum absolute atomic E-state index is 13.1. The molecule has 6 heteroatoms. The van der Waals surface area contributed by atoms with Crippen molar-refractivity contribution in [3.63, 3.8) is 0 Å². The average Bonchev–Trinajstić information content (AvgIpc) is 3.05. The van der Waals surface area contributed by atoms with E-state index in [2.05, 4.69) is 21.2 Å². The van der Waals surface area contributed by atoms with Crippen molar-refractivity contribution in [2.24, 2.45) is 0 Å². The van der Waals surface area contributed by atoms with Crippen molar-refractivity contribution in [3.8, 4) is 0 Å². The van der Waals surface area contributed by atoms with E-state index in [1.54, 1.807) is 12.1 Å². The van der Waals surface area contributed by atoms with E-state index in [-0.39, 0.29) is 11.7 Å². The van der Waals surface area contributed by atoms with Gasteiger partial charge >= 0.3 is 0 Å². The Morgan fingerprint density at radius 1 is 1.00 bits per heavy atom. The zero-order chi connectivity index (χ0) is 17.5. The van der Waals surface area contributed by atoms with E-state index in [1.807, 2.05) is 24.3 Å². The third-order valence-electron chi connectivity index (χ3n) is 4.89. The Hall–Kier alpha value is -1.76. The van der Waals surface area contributed by atoms with Gasteiger partial charge in [-0.25, -0.2) is 4.39 Å². The normalized spacial score (nSPS) is 20.2. The summed E-state index contributed by atoms with van der Waals surface area (Å²) < 4.78 is 25.5. The maximum Gasteiger partial charge on any atom is 0.235 e. The lowest BCUT2D eigenvalue weighted by Crippen LogP contribution is -2.60.